The van der Waals surface area contributed by atoms with Gasteiger partial charge in [0.1, 0.15) is 11.6 Å². The minimum Gasteiger partial charge on any atom is -0.496 e. The van der Waals surface area contributed by atoms with Crippen molar-refractivity contribution in [3.05, 3.63) is 41.9 Å². The van der Waals surface area contributed by atoms with E-state index in [0.717, 1.165) is 5.56 Å². The molecule has 0 aliphatic heterocycles. The maximum Gasteiger partial charge on any atom is 0.129 e. The second-order valence-corrected chi connectivity index (χ2v) is 2.23. The molecule has 0 aromatic heterocycles. The molecule has 1 aromatic carbocycles. The van der Waals surface area contributed by atoms with Crippen LogP contribution < -0.4 is 4.74 Å². The highest BCUT2D eigenvalue weighted by atomic mass is 19.1. The summed E-state index contributed by atoms with van der Waals surface area (Å²) >= 11 is 0. The Morgan fingerprint density at radius 2 is 2.33 bits per heavy atom. The van der Waals surface area contributed by atoms with Gasteiger partial charge < -0.3 is 4.74 Å². The molecule has 0 spiro atoms. The summed E-state index contributed by atoms with van der Waals surface area (Å²) in [7, 11) is 1.50. The van der Waals surface area contributed by atoms with Crippen molar-refractivity contribution in [3.63, 3.8) is 0 Å². The third kappa shape index (κ3) is 1.74. The zero-order valence-corrected chi connectivity index (χ0v) is 6.80. The Bertz CT molecular complexity index is 325. The number of ether oxygens (including phenoxy) is 1. The van der Waals surface area contributed by atoms with E-state index in [0.29, 0.717) is 5.75 Å². The molecule has 0 saturated heterocycles. The van der Waals surface area contributed by atoms with Crippen LogP contribution >= 0.6 is 0 Å². The van der Waals surface area contributed by atoms with Crippen molar-refractivity contribution in [2.24, 2.45) is 0 Å². The van der Waals surface area contributed by atoms with Gasteiger partial charge >= 0.3 is 0 Å². The lowest BCUT2D eigenvalue weighted by Gasteiger charge is -2.02. The van der Waals surface area contributed by atoms with Gasteiger partial charge in [-0.05, 0) is 18.2 Å². The quantitative estimate of drug-likeness (QED) is 0.610. The molecule has 0 heterocycles. The van der Waals surface area contributed by atoms with Crippen LogP contribution in [0.1, 0.15) is 5.56 Å². The molecule has 0 unspecified atom stereocenters. The molecule has 0 amide bonds. The predicted molar refractivity (Wildman–Crippen MR) is 46.6 cm³/mol. The van der Waals surface area contributed by atoms with Gasteiger partial charge in [0.2, 0.25) is 0 Å². The van der Waals surface area contributed by atoms with E-state index >= 15 is 0 Å². The summed E-state index contributed by atoms with van der Waals surface area (Å²) in [5.41, 5.74) is 3.37. The minimum atomic E-state index is -0.312. The molecule has 62 valence electrons. The monoisotopic (exact) mass is 164 g/mol. The van der Waals surface area contributed by atoms with E-state index in [9.17, 15) is 4.39 Å². The number of rotatable bonds is 2. The van der Waals surface area contributed by atoms with E-state index in [2.05, 4.69) is 12.3 Å². The maximum absolute atomic E-state index is 12.6. The van der Waals surface area contributed by atoms with Crippen molar-refractivity contribution in [2.75, 3.05) is 7.11 Å². The first-order chi connectivity index (χ1) is 5.77. The highest BCUT2D eigenvalue weighted by molar-refractivity contribution is 5.56. The van der Waals surface area contributed by atoms with Crippen LogP contribution in [0.5, 0.6) is 5.75 Å². The van der Waals surface area contributed by atoms with E-state index in [1.165, 1.54) is 19.2 Å². The lowest BCUT2D eigenvalue weighted by molar-refractivity contribution is 0.410. The summed E-state index contributed by atoms with van der Waals surface area (Å²) < 4.78 is 17.6. The zero-order chi connectivity index (χ0) is 8.97. The predicted octanol–water partition coefficient (Wildman–Crippen LogP) is 2.63. The molecule has 0 aliphatic carbocycles. The molecule has 0 N–H and O–H groups in total. The normalized spacial score (nSPS) is 8.83. The third-order valence-corrected chi connectivity index (χ3v) is 1.45. The van der Waals surface area contributed by atoms with E-state index in [-0.39, 0.29) is 5.82 Å². The number of hydrogen-bond acceptors (Lipinski definition) is 1. The maximum atomic E-state index is 12.6. The number of hydrogen-bond donors (Lipinski definition) is 0. The second kappa shape index (κ2) is 3.74. The fourth-order valence-electron chi connectivity index (χ4n) is 0.914. The lowest BCUT2D eigenvalue weighted by Crippen LogP contribution is -1.87. The average molecular weight is 164 g/mol. The summed E-state index contributed by atoms with van der Waals surface area (Å²) in [6.07, 6.45) is 1.64. The van der Waals surface area contributed by atoms with E-state index in [1.807, 2.05) is 0 Å². The van der Waals surface area contributed by atoms with Gasteiger partial charge in [-0.3, -0.25) is 0 Å². The minimum absolute atomic E-state index is 0.312. The van der Waals surface area contributed by atoms with Gasteiger partial charge in [0.15, 0.2) is 0 Å². The molecular weight excluding hydrogens is 155 g/mol. The SMILES string of the molecule is C=C=Cc1ccc(F)cc1OC. The van der Waals surface area contributed by atoms with Gasteiger partial charge in [-0.2, -0.15) is 0 Å². The Morgan fingerprint density at radius 1 is 1.58 bits per heavy atom. The van der Waals surface area contributed by atoms with Crippen molar-refractivity contribution in [1.82, 2.24) is 0 Å². The zero-order valence-electron chi connectivity index (χ0n) is 6.80. The molecule has 1 rings (SSSR count). The number of benzene rings is 1. The average Bonchev–Trinajstić information content (AvgIpc) is 2.08. The Labute approximate surface area is 70.8 Å². The number of methoxy groups -OCH3 is 1. The first-order valence-corrected chi connectivity index (χ1v) is 3.47. The smallest absolute Gasteiger partial charge is 0.129 e. The molecule has 1 nitrogen and oxygen atoms in total. The third-order valence-electron chi connectivity index (χ3n) is 1.45. The van der Waals surface area contributed by atoms with Crippen molar-refractivity contribution in [1.29, 1.82) is 0 Å². The highest BCUT2D eigenvalue weighted by Crippen LogP contribution is 2.20. The number of halogens is 1. The molecule has 2 heteroatoms. The fraction of sp³-hybridized carbons (Fsp3) is 0.100. The molecule has 0 saturated carbocycles. The first-order valence-electron chi connectivity index (χ1n) is 3.47. The first kappa shape index (κ1) is 8.57. The van der Waals surface area contributed by atoms with E-state index < -0.39 is 0 Å². The molecule has 12 heavy (non-hydrogen) atoms. The summed E-state index contributed by atoms with van der Waals surface area (Å²) in [6, 6.07) is 4.31. The molecule has 0 bridgehead atoms. The second-order valence-electron chi connectivity index (χ2n) is 2.23. The Morgan fingerprint density at radius 3 is 2.92 bits per heavy atom. The van der Waals surface area contributed by atoms with Crippen LogP contribution in [0.15, 0.2) is 30.5 Å². The van der Waals surface area contributed by atoms with Crippen LogP contribution in [-0.2, 0) is 0 Å². The Hall–Kier alpha value is -1.53. The van der Waals surface area contributed by atoms with Gasteiger partial charge in [0.05, 0.1) is 7.11 Å². The Kier molecular flexibility index (Phi) is 2.67. The summed E-state index contributed by atoms with van der Waals surface area (Å²) in [6.45, 7) is 3.42. The van der Waals surface area contributed by atoms with Crippen LogP contribution in [-0.4, -0.2) is 7.11 Å². The van der Waals surface area contributed by atoms with Crippen LogP contribution in [0, 0.1) is 5.82 Å². The largest absolute Gasteiger partial charge is 0.496 e. The van der Waals surface area contributed by atoms with Crippen LogP contribution in [0.4, 0.5) is 4.39 Å². The van der Waals surface area contributed by atoms with Gasteiger partial charge in [0.25, 0.3) is 0 Å². The van der Waals surface area contributed by atoms with Crippen molar-refractivity contribution in [3.8, 4) is 5.75 Å². The van der Waals surface area contributed by atoms with Gasteiger partial charge in [-0.1, -0.05) is 6.58 Å². The van der Waals surface area contributed by atoms with Gasteiger partial charge in [-0.25, -0.2) is 4.39 Å². The molecule has 1 aromatic rings. The fourth-order valence-corrected chi connectivity index (χ4v) is 0.914. The molecule has 0 fully saturated rings. The highest BCUT2D eigenvalue weighted by Gasteiger charge is 1.99. The summed E-state index contributed by atoms with van der Waals surface area (Å²) in [5, 5.41) is 0. The topological polar surface area (TPSA) is 9.23 Å². The van der Waals surface area contributed by atoms with Crippen LogP contribution in [0.3, 0.4) is 0 Å². The molecule has 0 atom stereocenters. The van der Waals surface area contributed by atoms with Crippen LogP contribution in [0.25, 0.3) is 6.08 Å². The summed E-state index contributed by atoms with van der Waals surface area (Å²) in [5.74, 6) is 0.180. The van der Waals surface area contributed by atoms with Crippen LogP contribution in [0.2, 0.25) is 0 Å². The lowest BCUT2D eigenvalue weighted by atomic mass is 10.2. The molecular formula is C10H9FO. The van der Waals surface area contributed by atoms with Gasteiger partial charge in [-0.15, -0.1) is 5.73 Å². The standard InChI is InChI=1S/C10H9FO/c1-3-4-8-5-6-9(11)7-10(8)12-2/h4-7H,1H2,2H3. The summed E-state index contributed by atoms with van der Waals surface area (Å²) in [4.78, 5) is 0. The van der Waals surface area contributed by atoms with Gasteiger partial charge in [0, 0.05) is 11.6 Å². The van der Waals surface area contributed by atoms with Crippen molar-refractivity contribution in [2.45, 2.75) is 0 Å². The van der Waals surface area contributed by atoms with Crippen molar-refractivity contribution >= 4 is 6.08 Å². The van der Waals surface area contributed by atoms with E-state index in [4.69, 9.17) is 4.74 Å². The van der Waals surface area contributed by atoms with Crippen molar-refractivity contribution < 1.29 is 9.13 Å². The Balaban J connectivity index is 3.19. The van der Waals surface area contributed by atoms with E-state index in [1.54, 1.807) is 12.1 Å². The molecule has 0 radical (unpaired) electrons. The molecule has 0 aliphatic rings.